The van der Waals surface area contributed by atoms with E-state index in [1.807, 2.05) is 0 Å². The predicted octanol–water partition coefficient (Wildman–Crippen LogP) is 1.95. The van der Waals surface area contributed by atoms with Gasteiger partial charge in [-0.2, -0.15) is 0 Å². The zero-order valence-electron chi connectivity index (χ0n) is 10.4. The van der Waals surface area contributed by atoms with Crippen LogP contribution in [0.4, 0.5) is 11.4 Å². The molecule has 3 rings (SSSR count). The fourth-order valence-electron chi connectivity index (χ4n) is 3.24. The molecule has 0 radical (unpaired) electrons. The van der Waals surface area contributed by atoms with Crippen molar-refractivity contribution in [3.8, 4) is 0 Å². The number of rotatable bonds is 3. The number of carbonyl (C=O) groups is 2. The highest BCUT2D eigenvalue weighted by Crippen LogP contribution is 2.57. The van der Waals surface area contributed by atoms with E-state index in [9.17, 15) is 9.59 Å². The van der Waals surface area contributed by atoms with Crippen molar-refractivity contribution in [2.75, 3.05) is 11.1 Å². The van der Waals surface area contributed by atoms with Crippen LogP contribution in [0.15, 0.2) is 18.2 Å². The minimum absolute atomic E-state index is 0.0180. The van der Waals surface area contributed by atoms with Crippen LogP contribution < -0.4 is 11.1 Å². The zero-order valence-corrected chi connectivity index (χ0v) is 10.4. The molecule has 100 valence electrons. The van der Waals surface area contributed by atoms with Crippen LogP contribution in [0.1, 0.15) is 29.6 Å². The van der Waals surface area contributed by atoms with Gasteiger partial charge in [0.2, 0.25) is 5.91 Å². The number of carboxylic acid groups (broad SMARTS) is 1. The Morgan fingerprint density at radius 2 is 1.95 bits per heavy atom. The molecule has 0 aromatic heterocycles. The molecule has 4 N–H and O–H groups in total. The van der Waals surface area contributed by atoms with Gasteiger partial charge in [-0.3, -0.25) is 4.79 Å². The van der Waals surface area contributed by atoms with E-state index in [1.54, 1.807) is 6.07 Å². The van der Waals surface area contributed by atoms with E-state index in [0.717, 1.165) is 12.8 Å². The lowest BCUT2D eigenvalue weighted by molar-refractivity contribution is -0.118. The molecule has 2 saturated carbocycles. The molecule has 0 saturated heterocycles. The molecule has 0 heterocycles. The standard InChI is InChI=1S/C14H16N2O3/c15-10-6-7(14(18)19)4-5-11(10)16-13(17)12-8-2-1-3-9(8)12/h4-6,8-9,12H,1-3,15H2,(H,16,17)(H,18,19). The van der Waals surface area contributed by atoms with Crippen LogP contribution in [-0.4, -0.2) is 17.0 Å². The van der Waals surface area contributed by atoms with E-state index in [1.165, 1.54) is 18.6 Å². The van der Waals surface area contributed by atoms with Crippen molar-refractivity contribution in [1.29, 1.82) is 0 Å². The van der Waals surface area contributed by atoms with Crippen molar-refractivity contribution in [2.24, 2.45) is 17.8 Å². The number of fused-ring (bicyclic) bond motifs is 1. The van der Waals surface area contributed by atoms with Gasteiger partial charge in [0.25, 0.3) is 0 Å². The van der Waals surface area contributed by atoms with E-state index < -0.39 is 5.97 Å². The molecule has 0 bridgehead atoms. The molecule has 2 aliphatic rings. The molecule has 1 aromatic carbocycles. The molecule has 2 fully saturated rings. The van der Waals surface area contributed by atoms with E-state index >= 15 is 0 Å². The van der Waals surface area contributed by atoms with E-state index in [-0.39, 0.29) is 17.4 Å². The fraction of sp³-hybridized carbons (Fsp3) is 0.429. The Labute approximate surface area is 110 Å². The Kier molecular flexibility index (Phi) is 2.69. The highest BCUT2D eigenvalue weighted by Gasteiger charge is 2.56. The summed E-state index contributed by atoms with van der Waals surface area (Å²) in [6.07, 6.45) is 3.53. The number of nitrogens with one attached hydrogen (secondary N) is 1. The second kappa shape index (κ2) is 4.26. The van der Waals surface area contributed by atoms with Crippen LogP contribution in [0.5, 0.6) is 0 Å². The maximum absolute atomic E-state index is 12.1. The van der Waals surface area contributed by atoms with Gasteiger partial charge in [-0.1, -0.05) is 6.42 Å². The van der Waals surface area contributed by atoms with Crippen molar-refractivity contribution < 1.29 is 14.7 Å². The fourth-order valence-corrected chi connectivity index (χ4v) is 3.24. The number of hydrogen-bond acceptors (Lipinski definition) is 3. The van der Waals surface area contributed by atoms with Gasteiger partial charge >= 0.3 is 5.97 Å². The summed E-state index contributed by atoms with van der Waals surface area (Å²) in [6, 6.07) is 4.36. The average molecular weight is 260 g/mol. The summed E-state index contributed by atoms with van der Waals surface area (Å²) in [7, 11) is 0. The van der Waals surface area contributed by atoms with Crippen LogP contribution in [0.3, 0.4) is 0 Å². The van der Waals surface area contributed by atoms with Crippen molar-refractivity contribution >= 4 is 23.3 Å². The maximum Gasteiger partial charge on any atom is 0.335 e. The van der Waals surface area contributed by atoms with E-state index in [0.29, 0.717) is 23.2 Å². The smallest absolute Gasteiger partial charge is 0.335 e. The van der Waals surface area contributed by atoms with Crippen LogP contribution >= 0.6 is 0 Å². The van der Waals surface area contributed by atoms with Crippen LogP contribution in [0.2, 0.25) is 0 Å². The first-order valence-electron chi connectivity index (χ1n) is 6.51. The summed E-state index contributed by atoms with van der Waals surface area (Å²) < 4.78 is 0. The van der Waals surface area contributed by atoms with Gasteiger partial charge in [-0.15, -0.1) is 0 Å². The monoisotopic (exact) mass is 260 g/mol. The summed E-state index contributed by atoms with van der Waals surface area (Å²) in [5.41, 5.74) is 6.68. The van der Waals surface area contributed by atoms with Gasteiger partial charge in [-0.25, -0.2) is 4.79 Å². The summed E-state index contributed by atoms with van der Waals surface area (Å²) in [4.78, 5) is 22.9. The van der Waals surface area contributed by atoms with Gasteiger partial charge in [0, 0.05) is 5.92 Å². The molecule has 0 aliphatic heterocycles. The summed E-state index contributed by atoms with van der Waals surface area (Å²) in [6.45, 7) is 0. The van der Waals surface area contributed by atoms with Crippen molar-refractivity contribution in [3.05, 3.63) is 23.8 Å². The molecule has 2 unspecified atom stereocenters. The molecule has 19 heavy (non-hydrogen) atoms. The number of benzene rings is 1. The summed E-state index contributed by atoms with van der Waals surface area (Å²) in [5.74, 6) is 0.233. The highest BCUT2D eigenvalue weighted by atomic mass is 16.4. The molecular weight excluding hydrogens is 244 g/mol. The molecule has 0 spiro atoms. The topological polar surface area (TPSA) is 92.4 Å². The minimum atomic E-state index is -1.03. The number of anilines is 2. The first-order chi connectivity index (χ1) is 9.08. The van der Waals surface area contributed by atoms with E-state index in [4.69, 9.17) is 10.8 Å². The normalized spacial score (nSPS) is 27.7. The molecule has 2 atom stereocenters. The third kappa shape index (κ3) is 2.05. The number of carboxylic acids is 1. The van der Waals surface area contributed by atoms with Crippen LogP contribution in [-0.2, 0) is 4.79 Å². The van der Waals surface area contributed by atoms with Crippen molar-refractivity contribution in [2.45, 2.75) is 19.3 Å². The Hall–Kier alpha value is -2.04. The Bertz CT molecular complexity index is 546. The number of amides is 1. The van der Waals surface area contributed by atoms with Gasteiger partial charge in [0.05, 0.1) is 16.9 Å². The maximum atomic E-state index is 12.1. The second-order valence-electron chi connectivity index (χ2n) is 5.38. The predicted molar refractivity (Wildman–Crippen MR) is 70.8 cm³/mol. The molecule has 5 heteroatoms. The largest absolute Gasteiger partial charge is 0.478 e. The first-order valence-corrected chi connectivity index (χ1v) is 6.51. The van der Waals surface area contributed by atoms with Gasteiger partial charge in [0.1, 0.15) is 0 Å². The number of carbonyl (C=O) groups excluding carboxylic acids is 1. The highest BCUT2D eigenvalue weighted by molar-refractivity contribution is 5.98. The molecule has 1 aromatic rings. The summed E-state index contributed by atoms with van der Waals surface area (Å²) >= 11 is 0. The molecule has 5 nitrogen and oxygen atoms in total. The SMILES string of the molecule is Nc1cc(C(=O)O)ccc1NC(=O)C1C2CCCC21. The number of hydrogen-bond donors (Lipinski definition) is 3. The summed E-state index contributed by atoms with van der Waals surface area (Å²) in [5, 5.41) is 11.7. The second-order valence-corrected chi connectivity index (χ2v) is 5.38. The molecule has 2 aliphatic carbocycles. The van der Waals surface area contributed by atoms with Gasteiger partial charge < -0.3 is 16.2 Å². The third-order valence-corrected chi connectivity index (χ3v) is 4.27. The Balaban J connectivity index is 1.70. The quantitative estimate of drug-likeness (QED) is 0.724. The van der Waals surface area contributed by atoms with Crippen molar-refractivity contribution in [3.63, 3.8) is 0 Å². The number of nitrogen functional groups attached to an aromatic ring is 1. The lowest BCUT2D eigenvalue weighted by Crippen LogP contribution is -2.17. The van der Waals surface area contributed by atoms with Crippen LogP contribution in [0, 0.1) is 17.8 Å². The molecular formula is C14H16N2O3. The minimum Gasteiger partial charge on any atom is -0.478 e. The van der Waals surface area contributed by atoms with E-state index in [2.05, 4.69) is 5.32 Å². The molecule has 1 amide bonds. The number of aromatic carboxylic acids is 1. The van der Waals surface area contributed by atoms with Crippen molar-refractivity contribution in [1.82, 2.24) is 0 Å². The Morgan fingerprint density at radius 1 is 1.26 bits per heavy atom. The van der Waals surface area contributed by atoms with Gasteiger partial charge in [-0.05, 0) is 42.9 Å². The first kappa shape index (κ1) is 12.0. The number of nitrogens with two attached hydrogens (primary N) is 1. The lowest BCUT2D eigenvalue weighted by atomic mass is 10.1. The third-order valence-electron chi connectivity index (χ3n) is 4.27. The average Bonchev–Trinajstić information content (AvgIpc) is 2.85. The van der Waals surface area contributed by atoms with Gasteiger partial charge in [0.15, 0.2) is 0 Å². The van der Waals surface area contributed by atoms with Crippen LogP contribution in [0.25, 0.3) is 0 Å². The zero-order chi connectivity index (χ0) is 13.6. The Morgan fingerprint density at radius 3 is 2.53 bits per heavy atom. The lowest BCUT2D eigenvalue weighted by Gasteiger charge is -2.09.